The van der Waals surface area contributed by atoms with E-state index in [1.165, 1.54) is 8.61 Å². The Morgan fingerprint density at radius 1 is 1.10 bits per heavy atom. The summed E-state index contributed by atoms with van der Waals surface area (Å²) in [7, 11) is -3.65. The predicted octanol–water partition coefficient (Wildman–Crippen LogP) is 1.15. The molecular weight excluding hydrogens is 280 g/mol. The lowest BCUT2D eigenvalue weighted by atomic mass is 9.93. The molecule has 0 aromatic rings. The van der Waals surface area contributed by atoms with E-state index in [1.807, 2.05) is 6.92 Å². The fraction of sp³-hybridized carbons (Fsp3) is 0.923. The first kappa shape index (κ1) is 15.7. The largest absolute Gasteiger partial charge is 0.480 e. The molecule has 2 atom stereocenters. The smallest absolute Gasteiger partial charge is 0.322 e. The van der Waals surface area contributed by atoms with Gasteiger partial charge in [0.05, 0.1) is 0 Å². The van der Waals surface area contributed by atoms with Crippen LogP contribution in [-0.4, -0.2) is 53.8 Å². The Bertz CT molecular complexity index is 457. The monoisotopic (exact) mass is 304 g/mol. The van der Waals surface area contributed by atoms with E-state index in [4.69, 9.17) is 0 Å². The van der Waals surface area contributed by atoms with Crippen LogP contribution in [0, 0.1) is 11.8 Å². The lowest BCUT2D eigenvalue weighted by Crippen LogP contribution is -2.57. The van der Waals surface area contributed by atoms with Crippen LogP contribution in [0.2, 0.25) is 0 Å². The zero-order valence-corrected chi connectivity index (χ0v) is 13.0. The second kappa shape index (κ2) is 5.99. The zero-order valence-electron chi connectivity index (χ0n) is 12.2. The highest BCUT2D eigenvalue weighted by Gasteiger charge is 2.43. The van der Waals surface area contributed by atoms with Crippen LogP contribution in [-0.2, 0) is 15.0 Å². The fourth-order valence-corrected chi connectivity index (χ4v) is 5.05. The highest BCUT2D eigenvalue weighted by molar-refractivity contribution is 7.86. The van der Waals surface area contributed by atoms with Crippen molar-refractivity contribution in [2.24, 2.45) is 11.8 Å². The van der Waals surface area contributed by atoms with Gasteiger partial charge in [-0.1, -0.05) is 13.8 Å². The van der Waals surface area contributed by atoms with Crippen LogP contribution < -0.4 is 0 Å². The molecular formula is C13H24N2O4S. The summed E-state index contributed by atoms with van der Waals surface area (Å²) in [5, 5.41) is 9.36. The molecule has 2 unspecified atom stereocenters. The maximum absolute atomic E-state index is 12.7. The van der Waals surface area contributed by atoms with Crippen molar-refractivity contribution in [3.05, 3.63) is 0 Å². The SMILES string of the molecule is CC1CCN(S(=O)(=O)N2CCCC(C)C2C(=O)O)CC1. The van der Waals surface area contributed by atoms with Crippen LogP contribution in [0.15, 0.2) is 0 Å². The first-order valence-corrected chi connectivity index (χ1v) is 8.73. The summed E-state index contributed by atoms with van der Waals surface area (Å²) in [6.07, 6.45) is 3.19. The van der Waals surface area contributed by atoms with Crippen molar-refractivity contribution in [2.45, 2.75) is 45.6 Å². The Labute approximate surface area is 120 Å². The summed E-state index contributed by atoms with van der Waals surface area (Å²) in [6, 6.07) is -0.923. The van der Waals surface area contributed by atoms with Crippen molar-refractivity contribution >= 4 is 16.2 Å². The Balaban J connectivity index is 2.20. The molecule has 2 aliphatic rings. The van der Waals surface area contributed by atoms with Gasteiger partial charge in [0.2, 0.25) is 0 Å². The van der Waals surface area contributed by atoms with Crippen LogP contribution in [0.25, 0.3) is 0 Å². The molecule has 0 radical (unpaired) electrons. The highest BCUT2D eigenvalue weighted by Crippen LogP contribution is 2.29. The third-order valence-corrected chi connectivity index (χ3v) is 6.53. The number of carboxylic acids is 1. The van der Waals surface area contributed by atoms with E-state index < -0.39 is 22.2 Å². The molecule has 2 aliphatic heterocycles. The highest BCUT2D eigenvalue weighted by atomic mass is 32.2. The van der Waals surface area contributed by atoms with Gasteiger partial charge in [-0.25, -0.2) is 0 Å². The van der Waals surface area contributed by atoms with E-state index in [0.29, 0.717) is 25.6 Å². The number of carbonyl (C=O) groups is 1. The van der Waals surface area contributed by atoms with Crippen LogP contribution in [0.3, 0.4) is 0 Å². The predicted molar refractivity (Wildman–Crippen MR) is 75.4 cm³/mol. The molecule has 1 N–H and O–H groups in total. The third-order valence-electron chi connectivity index (χ3n) is 4.51. The maximum Gasteiger partial charge on any atom is 0.322 e. The van der Waals surface area contributed by atoms with E-state index in [1.54, 1.807) is 0 Å². The summed E-state index contributed by atoms with van der Waals surface area (Å²) in [5.74, 6) is -0.636. The normalized spacial score (nSPS) is 31.3. The first-order chi connectivity index (χ1) is 9.34. The van der Waals surface area contributed by atoms with Gasteiger partial charge in [0.1, 0.15) is 6.04 Å². The molecule has 0 bridgehead atoms. The number of aliphatic carboxylic acids is 1. The average molecular weight is 304 g/mol. The van der Waals surface area contributed by atoms with E-state index >= 15 is 0 Å². The number of hydrogen-bond donors (Lipinski definition) is 1. The van der Waals surface area contributed by atoms with Gasteiger partial charge in [0.25, 0.3) is 10.2 Å². The summed E-state index contributed by atoms with van der Waals surface area (Å²) in [4.78, 5) is 11.4. The van der Waals surface area contributed by atoms with Crippen LogP contribution in [0.5, 0.6) is 0 Å². The van der Waals surface area contributed by atoms with Crippen molar-refractivity contribution in [3.8, 4) is 0 Å². The second-order valence-electron chi connectivity index (χ2n) is 6.10. The van der Waals surface area contributed by atoms with Gasteiger partial charge < -0.3 is 5.11 Å². The lowest BCUT2D eigenvalue weighted by molar-refractivity contribution is -0.144. The van der Waals surface area contributed by atoms with Gasteiger partial charge in [0, 0.05) is 19.6 Å². The minimum atomic E-state index is -3.65. The molecule has 0 saturated carbocycles. The molecule has 0 aromatic heterocycles. The van der Waals surface area contributed by atoms with Gasteiger partial charge in [0.15, 0.2) is 0 Å². The van der Waals surface area contributed by atoms with Crippen molar-refractivity contribution in [2.75, 3.05) is 19.6 Å². The molecule has 20 heavy (non-hydrogen) atoms. The van der Waals surface area contributed by atoms with E-state index in [9.17, 15) is 18.3 Å². The molecule has 2 fully saturated rings. The molecule has 7 heteroatoms. The minimum absolute atomic E-state index is 0.139. The Morgan fingerprint density at radius 2 is 1.70 bits per heavy atom. The summed E-state index contributed by atoms with van der Waals surface area (Å²) >= 11 is 0. The Morgan fingerprint density at radius 3 is 2.25 bits per heavy atom. The summed E-state index contributed by atoms with van der Waals surface area (Å²) < 4.78 is 28.1. The second-order valence-corrected chi connectivity index (χ2v) is 7.98. The maximum atomic E-state index is 12.7. The van der Waals surface area contributed by atoms with Gasteiger partial charge >= 0.3 is 5.97 Å². The summed E-state index contributed by atoms with van der Waals surface area (Å²) in [5.41, 5.74) is 0. The molecule has 0 aliphatic carbocycles. The van der Waals surface area contributed by atoms with E-state index in [0.717, 1.165) is 25.7 Å². The molecule has 2 heterocycles. The van der Waals surface area contributed by atoms with Crippen LogP contribution >= 0.6 is 0 Å². The van der Waals surface area contributed by atoms with Crippen LogP contribution in [0.4, 0.5) is 0 Å². The molecule has 116 valence electrons. The molecule has 0 spiro atoms. The van der Waals surface area contributed by atoms with Crippen molar-refractivity contribution < 1.29 is 18.3 Å². The van der Waals surface area contributed by atoms with Crippen molar-refractivity contribution in [3.63, 3.8) is 0 Å². The molecule has 6 nitrogen and oxygen atoms in total. The van der Waals surface area contributed by atoms with Gasteiger partial charge in [-0.05, 0) is 37.5 Å². The number of nitrogens with zero attached hydrogens (tertiary/aromatic N) is 2. The third kappa shape index (κ3) is 2.99. The zero-order chi connectivity index (χ0) is 14.9. The average Bonchev–Trinajstić information content (AvgIpc) is 2.38. The topological polar surface area (TPSA) is 77.9 Å². The van der Waals surface area contributed by atoms with Gasteiger partial charge in [-0.2, -0.15) is 17.0 Å². The standard InChI is InChI=1S/C13H24N2O4S/c1-10-5-8-14(9-6-10)20(18,19)15-7-3-4-11(2)12(15)13(16)17/h10-12H,3-9H2,1-2H3,(H,16,17). The number of rotatable bonds is 3. The summed E-state index contributed by atoms with van der Waals surface area (Å²) in [6.45, 7) is 5.25. The molecule has 0 aromatic carbocycles. The van der Waals surface area contributed by atoms with Crippen molar-refractivity contribution in [1.29, 1.82) is 0 Å². The lowest BCUT2D eigenvalue weighted by Gasteiger charge is -2.40. The van der Waals surface area contributed by atoms with E-state index in [2.05, 4.69) is 6.92 Å². The number of carboxylic acid groups (broad SMARTS) is 1. The molecule has 2 saturated heterocycles. The quantitative estimate of drug-likeness (QED) is 0.848. The number of hydrogen-bond acceptors (Lipinski definition) is 3. The van der Waals surface area contributed by atoms with Gasteiger partial charge in [-0.3, -0.25) is 4.79 Å². The minimum Gasteiger partial charge on any atom is -0.480 e. The number of piperidine rings is 2. The fourth-order valence-electron chi connectivity index (χ4n) is 3.14. The first-order valence-electron chi connectivity index (χ1n) is 7.33. The Kier molecular flexibility index (Phi) is 4.71. The molecule has 0 amide bonds. The Hall–Kier alpha value is -0.660. The molecule has 2 rings (SSSR count). The van der Waals surface area contributed by atoms with Gasteiger partial charge in [-0.15, -0.1) is 0 Å². The van der Waals surface area contributed by atoms with E-state index in [-0.39, 0.29) is 5.92 Å². The van der Waals surface area contributed by atoms with Crippen molar-refractivity contribution in [1.82, 2.24) is 8.61 Å². The van der Waals surface area contributed by atoms with Crippen LogP contribution in [0.1, 0.15) is 39.5 Å².